The first-order valence-corrected chi connectivity index (χ1v) is 8.79. The third kappa shape index (κ3) is 10.3. The largest absolute Gasteiger partial charge is 0.427 e. The summed E-state index contributed by atoms with van der Waals surface area (Å²) < 4.78 is 5.53. The molecule has 0 aromatic heterocycles. The Balaban J connectivity index is 0. The molecule has 2 N–H and O–H groups in total. The zero-order valence-corrected chi connectivity index (χ0v) is 16.9. The molecule has 0 radical (unpaired) electrons. The van der Waals surface area contributed by atoms with Gasteiger partial charge in [0.05, 0.1) is 12.2 Å². The minimum atomic E-state index is -0.668. The molecule has 0 spiro atoms. The number of hydrogen-bond acceptors (Lipinski definition) is 4. The normalized spacial score (nSPS) is 14.0. The van der Waals surface area contributed by atoms with Gasteiger partial charge in [-0.2, -0.15) is 0 Å². The van der Waals surface area contributed by atoms with Crippen molar-refractivity contribution in [2.45, 2.75) is 32.4 Å². The van der Waals surface area contributed by atoms with Crippen LogP contribution in [0.25, 0.3) is 0 Å². The Kier molecular flexibility index (Phi) is 16.5. The third-order valence-corrected chi connectivity index (χ3v) is 3.13. The zero-order valence-electron chi connectivity index (χ0n) is 12.4. The van der Waals surface area contributed by atoms with Crippen molar-refractivity contribution in [2.24, 2.45) is 5.92 Å². The van der Waals surface area contributed by atoms with Crippen LogP contribution < -0.4 is 0 Å². The Morgan fingerprint density at radius 3 is 2.29 bits per heavy atom. The van der Waals surface area contributed by atoms with Crippen LogP contribution in [0.5, 0.6) is 0 Å². The van der Waals surface area contributed by atoms with E-state index in [1.54, 1.807) is 0 Å². The van der Waals surface area contributed by atoms with E-state index < -0.39 is 6.10 Å². The van der Waals surface area contributed by atoms with Gasteiger partial charge in [0.1, 0.15) is 0 Å². The maximum atomic E-state index is 10.2. The van der Waals surface area contributed by atoms with Crippen molar-refractivity contribution in [2.75, 3.05) is 6.61 Å². The predicted octanol–water partition coefficient (Wildman–Crippen LogP) is 2.19. The molecule has 0 aliphatic rings. The summed E-state index contributed by atoms with van der Waals surface area (Å²) in [4.78, 5) is 0. The summed E-state index contributed by atoms with van der Waals surface area (Å²) in [7, 11) is 5.09. The van der Waals surface area contributed by atoms with Gasteiger partial charge in [0, 0.05) is 34.2 Å². The molecule has 8 heteroatoms. The van der Waals surface area contributed by atoms with Crippen LogP contribution in [0.2, 0.25) is 6.82 Å². The molecule has 3 nitrogen and oxygen atoms in total. The Labute approximate surface area is 152 Å². The van der Waals surface area contributed by atoms with Crippen LogP contribution in [0, 0.1) is 5.92 Å². The second kappa shape index (κ2) is 14.4. The molecule has 1 rings (SSSR count). The predicted molar refractivity (Wildman–Crippen MR) is 94.3 cm³/mol. The first-order valence-electron chi connectivity index (χ1n) is 6.49. The topological polar surface area (TPSA) is 49.7 Å². The van der Waals surface area contributed by atoms with E-state index in [9.17, 15) is 10.2 Å². The van der Waals surface area contributed by atoms with E-state index in [-0.39, 0.29) is 47.0 Å². The van der Waals surface area contributed by atoms with Gasteiger partial charge in [-0.1, -0.05) is 49.0 Å². The molecule has 0 bridgehead atoms. The van der Waals surface area contributed by atoms with Gasteiger partial charge >= 0.3 is 6.64 Å². The second-order valence-electron chi connectivity index (χ2n) is 4.67. The van der Waals surface area contributed by atoms with Crippen LogP contribution in [-0.2, 0) is 44.6 Å². The fraction of sp³-hybridized carbons (Fsp3) is 0.538. The molecule has 0 saturated carbocycles. The summed E-state index contributed by atoms with van der Waals surface area (Å²) in [6, 6.07) is 9.87. The monoisotopic (exact) mass is 380 g/mol. The average molecular weight is 380 g/mol. The molecule has 1 aromatic rings. The molecule has 1 unspecified atom stereocenters. The summed E-state index contributed by atoms with van der Waals surface area (Å²) in [6.07, 6.45) is -0.311. The summed E-state index contributed by atoms with van der Waals surface area (Å²) in [5.74, 6) is -0.203. The van der Waals surface area contributed by atoms with Gasteiger partial charge in [-0.05, 0) is 26.9 Å². The standard InChI is InChI=1S/C13H22BO3P.HPS.Ti/c1-10(17-14(2)18)13(16)12(9-15)8-11-6-4-3-5-7-11;1-2;/h3-7,10,12-13,15-16H,8-9,18H2,1-2H3;1H;/t10-,12-,13-;;/m0../s1. The molecule has 0 fully saturated rings. The van der Waals surface area contributed by atoms with E-state index >= 15 is 0 Å². The van der Waals surface area contributed by atoms with E-state index in [1.807, 2.05) is 44.1 Å². The van der Waals surface area contributed by atoms with E-state index in [1.165, 1.54) is 0 Å². The maximum Gasteiger partial charge on any atom is 0.312 e. The van der Waals surface area contributed by atoms with Crippen LogP contribution in [0.1, 0.15) is 12.5 Å². The van der Waals surface area contributed by atoms with Gasteiger partial charge in [0.25, 0.3) is 0 Å². The number of benzene rings is 1. The fourth-order valence-electron chi connectivity index (χ4n) is 2.01. The first kappa shape index (κ1) is 24.1. The van der Waals surface area contributed by atoms with Crippen LogP contribution in [0.3, 0.4) is 0 Å². The summed E-state index contributed by atoms with van der Waals surface area (Å²) >= 11 is 3.89. The number of hydrogen-bond donors (Lipinski definition) is 2. The smallest absolute Gasteiger partial charge is 0.312 e. The summed E-state index contributed by atoms with van der Waals surface area (Å²) in [5.41, 5.74) is 1.11. The van der Waals surface area contributed by atoms with Crippen molar-refractivity contribution in [3.05, 3.63) is 35.9 Å². The molecule has 0 aliphatic carbocycles. The van der Waals surface area contributed by atoms with E-state index in [4.69, 9.17) is 4.65 Å². The van der Waals surface area contributed by atoms with Gasteiger partial charge in [-0.15, -0.1) is 9.12 Å². The maximum absolute atomic E-state index is 10.2. The molecule has 0 heterocycles. The summed E-state index contributed by atoms with van der Waals surface area (Å²) in [5, 5.41) is 19.6. The molecule has 0 amide bonds. The molecule has 116 valence electrons. The summed E-state index contributed by atoms with van der Waals surface area (Å²) in [6.45, 7) is 3.68. The Morgan fingerprint density at radius 2 is 1.86 bits per heavy atom. The molecule has 0 saturated heterocycles. The van der Waals surface area contributed by atoms with Gasteiger partial charge < -0.3 is 14.9 Å². The van der Waals surface area contributed by atoms with Crippen LogP contribution in [0.4, 0.5) is 0 Å². The first-order chi connectivity index (χ1) is 9.54. The van der Waals surface area contributed by atoms with Gasteiger partial charge in [-0.25, -0.2) is 0 Å². The van der Waals surface area contributed by atoms with Gasteiger partial charge in [-0.3, -0.25) is 0 Å². The van der Waals surface area contributed by atoms with Crippen LogP contribution in [-0.4, -0.2) is 35.7 Å². The molecule has 0 aliphatic heterocycles. The van der Waals surface area contributed by atoms with Crippen LogP contribution in [0.15, 0.2) is 30.3 Å². The number of aliphatic hydroxyl groups is 2. The van der Waals surface area contributed by atoms with E-state index in [0.717, 1.165) is 5.56 Å². The average Bonchev–Trinajstić information content (AvgIpc) is 2.46. The van der Waals surface area contributed by atoms with E-state index in [0.29, 0.717) is 6.42 Å². The molecular weight excluding hydrogens is 357 g/mol. The molecule has 4 atom stereocenters. The molecular formula is C13H23BO3P2STi. The van der Waals surface area contributed by atoms with Crippen molar-refractivity contribution in [3.63, 3.8) is 0 Å². The SMILES string of the molecule is CB(P)O[C@@H](C)[C@H](O)[C@H](CO)Cc1ccccc1.P=S.[Ti]. The van der Waals surface area contributed by atoms with Gasteiger partial charge in [0.2, 0.25) is 0 Å². The number of rotatable bonds is 7. The van der Waals surface area contributed by atoms with Crippen molar-refractivity contribution in [1.29, 1.82) is 0 Å². The Morgan fingerprint density at radius 1 is 1.33 bits per heavy atom. The second-order valence-corrected chi connectivity index (χ2v) is 5.61. The van der Waals surface area contributed by atoms with E-state index in [2.05, 4.69) is 28.9 Å². The molecule has 21 heavy (non-hydrogen) atoms. The third-order valence-electron chi connectivity index (χ3n) is 2.97. The Hall–Kier alpha value is 0.829. The molecule has 1 aromatic carbocycles. The quantitative estimate of drug-likeness (QED) is 0.563. The number of aliphatic hydroxyl groups excluding tert-OH is 2. The van der Waals surface area contributed by atoms with Crippen LogP contribution >= 0.6 is 17.1 Å². The van der Waals surface area contributed by atoms with Crippen molar-refractivity contribution in [1.82, 2.24) is 0 Å². The van der Waals surface area contributed by atoms with Crippen molar-refractivity contribution >= 4 is 35.6 Å². The zero-order chi connectivity index (χ0) is 15.5. The van der Waals surface area contributed by atoms with Gasteiger partial charge in [0.15, 0.2) is 0 Å². The van der Waals surface area contributed by atoms with Crippen molar-refractivity contribution in [3.8, 4) is 0 Å². The minimum absolute atomic E-state index is 0. The minimum Gasteiger partial charge on any atom is -0.427 e. The Bertz CT molecular complexity index is 363. The fourth-order valence-corrected chi connectivity index (χ4v) is 2.26. The van der Waals surface area contributed by atoms with Crippen molar-refractivity contribution < 1.29 is 36.6 Å².